The van der Waals surface area contributed by atoms with Crippen LogP contribution in [0.1, 0.15) is 55.4 Å². The Morgan fingerprint density at radius 3 is 2.77 bits per heavy atom. The molecule has 0 aliphatic carbocycles. The number of ether oxygens (including phenoxy) is 1. The number of rotatable bonds is 3. The van der Waals surface area contributed by atoms with Crippen molar-refractivity contribution in [2.75, 3.05) is 0 Å². The molecule has 2 aliphatic rings. The van der Waals surface area contributed by atoms with Crippen LogP contribution < -0.4 is 5.56 Å². The summed E-state index contributed by atoms with van der Waals surface area (Å²) in [4.78, 5) is 30.2. The predicted molar refractivity (Wildman–Crippen MR) is 113 cm³/mol. The molecule has 0 spiro atoms. The second-order valence-corrected chi connectivity index (χ2v) is 8.36. The fraction of sp³-hybridized carbons (Fsp3) is 0.375. The van der Waals surface area contributed by atoms with Crippen molar-refractivity contribution in [1.82, 2.24) is 9.55 Å². The van der Waals surface area contributed by atoms with E-state index in [1.807, 2.05) is 0 Å². The Morgan fingerprint density at radius 2 is 2.03 bits per heavy atom. The molecule has 160 valence electrons. The molecule has 4 heterocycles. The smallest absolute Gasteiger partial charge is 0.309 e. The molecule has 1 N–H and O–H groups in total. The number of aromatic nitrogens is 2. The van der Waals surface area contributed by atoms with E-state index in [1.54, 1.807) is 23.6 Å². The van der Waals surface area contributed by atoms with Crippen LogP contribution >= 0.6 is 0 Å². The van der Waals surface area contributed by atoms with Crippen LogP contribution in [-0.2, 0) is 34.7 Å². The molecular weight excluding hydrogens is 399 g/mol. The van der Waals surface area contributed by atoms with Crippen LogP contribution in [-0.4, -0.2) is 20.6 Å². The first-order valence-corrected chi connectivity index (χ1v) is 10.6. The second-order valence-electron chi connectivity index (χ2n) is 8.36. The minimum absolute atomic E-state index is 0.158. The summed E-state index contributed by atoms with van der Waals surface area (Å²) in [5, 5.41) is 12.1. The lowest BCUT2D eigenvalue weighted by Gasteiger charge is -2.26. The molecule has 1 aromatic carbocycles. The highest BCUT2D eigenvalue weighted by Gasteiger charge is 2.39. The first-order valence-electron chi connectivity index (χ1n) is 10.6. The number of fused-ring (bicyclic) bond motifs is 5. The molecule has 0 saturated carbocycles. The predicted octanol–water partition coefficient (Wildman–Crippen LogP) is 3.56. The number of aryl methyl sites for hydroxylation is 1. The van der Waals surface area contributed by atoms with Crippen molar-refractivity contribution < 1.29 is 19.0 Å². The van der Waals surface area contributed by atoms with Gasteiger partial charge in [-0.25, -0.2) is 9.37 Å². The van der Waals surface area contributed by atoms with Gasteiger partial charge in [-0.15, -0.1) is 0 Å². The van der Waals surface area contributed by atoms with Gasteiger partial charge >= 0.3 is 5.97 Å². The zero-order valence-corrected chi connectivity index (χ0v) is 17.5. The van der Waals surface area contributed by atoms with E-state index in [1.165, 1.54) is 12.1 Å². The third kappa shape index (κ3) is 2.91. The first-order chi connectivity index (χ1) is 14.9. The minimum Gasteiger partial charge on any atom is -0.460 e. The summed E-state index contributed by atoms with van der Waals surface area (Å²) in [6.07, 6.45) is 1.74. The summed E-state index contributed by atoms with van der Waals surface area (Å²) in [5.41, 5.74) is 2.75. The number of nitrogens with zero attached hydrogens (tertiary/aromatic N) is 2. The molecule has 2 aliphatic heterocycles. The topological polar surface area (TPSA) is 81.4 Å². The number of cyclic esters (lactones) is 1. The van der Waals surface area contributed by atoms with E-state index in [2.05, 4.69) is 6.92 Å². The zero-order chi connectivity index (χ0) is 21.9. The van der Waals surface area contributed by atoms with Gasteiger partial charge in [-0.1, -0.05) is 20.3 Å². The van der Waals surface area contributed by atoms with Crippen molar-refractivity contribution in [2.45, 2.75) is 58.3 Å². The summed E-state index contributed by atoms with van der Waals surface area (Å²) in [7, 11) is 0. The van der Waals surface area contributed by atoms with Crippen molar-refractivity contribution in [3.63, 3.8) is 0 Å². The first kappa shape index (κ1) is 19.9. The maximum absolute atomic E-state index is 13.9. The maximum Gasteiger partial charge on any atom is 0.309 e. The van der Waals surface area contributed by atoms with E-state index < -0.39 is 11.6 Å². The molecule has 31 heavy (non-hydrogen) atoms. The molecule has 2 aromatic heterocycles. The average Bonchev–Trinajstić information content (AvgIpc) is 3.04. The standard InChI is InChI=1S/C24H23FN2O4/c1-3-5-14-15-7-6-13(25)8-19(15)26-22-16(14)11-27-20(22)9-18-17(23(27)29)12-31-21(28)10-24(18,30)4-2/h6-9,30H,3-5,10-12H2,1-2H3/t24-/m1/s1. The van der Waals surface area contributed by atoms with Crippen molar-refractivity contribution in [2.24, 2.45) is 0 Å². The van der Waals surface area contributed by atoms with E-state index in [0.29, 0.717) is 34.6 Å². The van der Waals surface area contributed by atoms with Crippen molar-refractivity contribution in [3.05, 3.63) is 62.7 Å². The van der Waals surface area contributed by atoms with Crippen LogP contribution in [0.2, 0.25) is 0 Å². The third-order valence-electron chi connectivity index (χ3n) is 6.53. The molecule has 0 saturated heterocycles. The number of benzene rings is 1. The highest BCUT2D eigenvalue weighted by Crippen LogP contribution is 2.40. The number of hydrogen-bond donors (Lipinski definition) is 1. The summed E-state index contributed by atoms with van der Waals surface area (Å²) in [5.74, 6) is -0.897. The third-order valence-corrected chi connectivity index (χ3v) is 6.53. The Hall–Kier alpha value is -3.06. The molecule has 0 unspecified atom stereocenters. The molecule has 3 aromatic rings. The van der Waals surface area contributed by atoms with Gasteiger partial charge in [-0.05, 0) is 42.2 Å². The molecule has 6 nitrogen and oxygen atoms in total. The summed E-state index contributed by atoms with van der Waals surface area (Å²) < 4.78 is 20.8. The van der Waals surface area contributed by atoms with Gasteiger partial charge in [-0.2, -0.15) is 0 Å². The fourth-order valence-corrected chi connectivity index (χ4v) is 4.87. The Labute approximate surface area is 178 Å². The van der Waals surface area contributed by atoms with Crippen LogP contribution in [0.5, 0.6) is 0 Å². The number of halogens is 1. The van der Waals surface area contributed by atoms with Crippen molar-refractivity contribution in [1.29, 1.82) is 0 Å². The van der Waals surface area contributed by atoms with Crippen molar-refractivity contribution in [3.8, 4) is 11.4 Å². The Morgan fingerprint density at radius 1 is 1.23 bits per heavy atom. The van der Waals surface area contributed by atoms with Gasteiger partial charge in [-0.3, -0.25) is 9.59 Å². The Bertz CT molecular complexity index is 1310. The monoisotopic (exact) mass is 422 g/mol. The van der Waals surface area contributed by atoms with E-state index >= 15 is 0 Å². The van der Waals surface area contributed by atoms with Gasteiger partial charge in [0.25, 0.3) is 5.56 Å². The van der Waals surface area contributed by atoms with Gasteiger partial charge in [0.1, 0.15) is 18.0 Å². The minimum atomic E-state index is -1.48. The van der Waals surface area contributed by atoms with Crippen LogP contribution in [0.25, 0.3) is 22.3 Å². The largest absolute Gasteiger partial charge is 0.460 e. The molecule has 7 heteroatoms. The van der Waals surface area contributed by atoms with E-state index in [-0.39, 0.29) is 30.8 Å². The molecular formula is C24H23FN2O4. The second kappa shape index (κ2) is 6.99. The number of carbonyl (C=O) groups excluding carboxylic acids is 1. The van der Waals surface area contributed by atoms with E-state index in [9.17, 15) is 19.1 Å². The van der Waals surface area contributed by atoms with Crippen molar-refractivity contribution >= 4 is 16.9 Å². The number of hydrogen-bond acceptors (Lipinski definition) is 5. The van der Waals surface area contributed by atoms with E-state index in [4.69, 9.17) is 9.72 Å². The molecule has 1 atom stereocenters. The zero-order valence-electron chi connectivity index (χ0n) is 17.5. The Kier molecular flexibility index (Phi) is 4.48. The Balaban J connectivity index is 1.81. The number of pyridine rings is 2. The van der Waals surface area contributed by atoms with Gasteiger partial charge in [0.15, 0.2) is 0 Å². The van der Waals surface area contributed by atoms with Crippen LogP contribution in [0.15, 0.2) is 29.1 Å². The fourth-order valence-electron chi connectivity index (χ4n) is 4.87. The van der Waals surface area contributed by atoms with Crippen LogP contribution in [0.3, 0.4) is 0 Å². The molecule has 5 rings (SSSR count). The molecule has 0 radical (unpaired) electrons. The van der Waals surface area contributed by atoms with Gasteiger partial charge in [0.2, 0.25) is 0 Å². The number of carbonyl (C=O) groups is 1. The molecule has 0 fully saturated rings. The molecule has 0 bridgehead atoms. The normalized spacial score (nSPS) is 19.5. The maximum atomic E-state index is 13.9. The highest BCUT2D eigenvalue weighted by atomic mass is 19.1. The van der Waals surface area contributed by atoms with Gasteiger partial charge in [0, 0.05) is 17.0 Å². The quantitative estimate of drug-likeness (QED) is 0.511. The lowest BCUT2D eigenvalue weighted by Crippen LogP contribution is -2.32. The summed E-state index contributed by atoms with van der Waals surface area (Å²) in [6, 6.07) is 6.36. The van der Waals surface area contributed by atoms with Gasteiger partial charge < -0.3 is 14.4 Å². The average molecular weight is 422 g/mol. The van der Waals surface area contributed by atoms with E-state index in [0.717, 1.165) is 29.4 Å². The summed E-state index contributed by atoms with van der Waals surface area (Å²) in [6.45, 7) is 4.04. The highest BCUT2D eigenvalue weighted by molar-refractivity contribution is 5.88. The van der Waals surface area contributed by atoms with Crippen LogP contribution in [0.4, 0.5) is 4.39 Å². The summed E-state index contributed by atoms with van der Waals surface area (Å²) >= 11 is 0. The lowest BCUT2D eigenvalue weighted by atomic mass is 9.85. The van der Waals surface area contributed by atoms with Gasteiger partial charge in [0.05, 0.1) is 35.4 Å². The SMILES string of the molecule is CCCc1c2c(nc3cc(F)ccc13)-c1cc3c(c(=O)n1C2)COC(=O)C[C@]3(O)CC. The van der Waals surface area contributed by atoms with Crippen LogP contribution in [0, 0.1) is 5.82 Å². The lowest BCUT2D eigenvalue weighted by molar-refractivity contribution is -0.149. The number of esters is 1. The number of aliphatic hydroxyl groups is 1. The molecule has 0 amide bonds.